The lowest BCUT2D eigenvalue weighted by Gasteiger charge is -2.38. The minimum absolute atomic E-state index is 0.0572. The molecule has 3 atom stereocenters. The molecule has 2 fully saturated rings. The van der Waals surface area contributed by atoms with Crippen molar-refractivity contribution in [1.82, 2.24) is 25.2 Å². The van der Waals surface area contributed by atoms with E-state index in [0.29, 0.717) is 45.3 Å². The molecule has 11 N–H and O–H groups in total. The Labute approximate surface area is 285 Å². The largest absolute Gasteiger partial charge is 0.490 e. The zero-order chi connectivity index (χ0) is 37.8. The van der Waals surface area contributed by atoms with Gasteiger partial charge in [0, 0.05) is 19.6 Å². The molecule has 18 nitrogen and oxygen atoms in total. The van der Waals surface area contributed by atoms with E-state index in [4.69, 9.17) is 36.9 Å². The Morgan fingerprint density at radius 3 is 2.20 bits per heavy atom. The summed E-state index contributed by atoms with van der Waals surface area (Å²) in [6, 6.07) is 4.15. The van der Waals surface area contributed by atoms with Crippen LogP contribution in [0.15, 0.2) is 24.3 Å². The number of nitrogens with two attached hydrogens (primary N) is 2. The minimum Gasteiger partial charge on any atom is -0.475 e. The maximum atomic E-state index is 13.3. The summed E-state index contributed by atoms with van der Waals surface area (Å²) in [6.45, 7) is 0.860. The first kappa shape index (κ1) is 41.5. The molecule has 0 aliphatic carbocycles. The molecule has 0 radical (unpaired) electrons. The number of carbonyl (C=O) groups excluding carboxylic acids is 3. The number of rotatable bonds is 11. The fraction of sp³-hybridized carbons (Fsp3) is 0.571. The summed E-state index contributed by atoms with van der Waals surface area (Å²) in [4.78, 5) is 49.9. The second-order valence-corrected chi connectivity index (χ2v) is 13.2. The number of benzene rings is 1. The lowest BCUT2D eigenvalue weighted by molar-refractivity contribution is -0.192. The van der Waals surface area contributed by atoms with Crippen LogP contribution in [0.25, 0.3) is 0 Å². The Hall–Kier alpha value is -4.70. The second-order valence-electron chi connectivity index (χ2n) is 11.5. The number of nitrogens with zero attached hydrogens (tertiary/aromatic N) is 2. The van der Waals surface area contributed by atoms with Crippen LogP contribution in [0.3, 0.4) is 0 Å². The molecule has 2 saturated heterocycles. The van der Waals surface area contributed by atoms with E-state index in [1.807, 2.05) is 0 Å². The number of hydrogen-bond donors (Lipinski definition) is 9. The number of halogens is 3. The number of guanidine groups is 2. The topological polar surface area (TPSA) is 294 Å². The van der Waals surface area contributed by atoms with Gasteiger partial charge in [-0.2, -0.15) is 13.2 Å². The summed E-state index contributed by atoms with van der Waals surface area (Å²) in [5.74, 6) is -5.81. The van der Waals surface area contributed by atoms with Crippen molar-refractivity contribution in [1.29, 1.82) is 10.8 Å². The van der Waals surface area contributed by atoms with Gasteiger partial charge in [0.1, 0.15) is 12.3 Å². The Morgan fingerprint density at radius 2 is 1.66 bits per heavy atom. The van der Waals surface area contributed by atoms with Crippen LogP contribution in [-0.4, -0.2) is 122 Å². The number of nitrogens with one attached hydrogen (secondary N) is 5. The summed E-state index contributed by atoms with van der Waals surface area (Å²) in [5, 5.41) is 37.9. The summed E-state index contributed by atoms with van der Waals surface area (Å²) < 4.78 is 65.4. The van der Waals surface area contributed by atoms with Gasteiger partial charge in [0.05, 0.1) is 31.0 Å². The van der Waals surface area contributed by atoms with Crippen molar-refractivity contribution in [2.45, 2.75) is 62.3 Å². The average molecular weight is 738 g/mol. The third kappa shape index (κ3) is 13.0. The van der Waals surface area contributed by atoms with E-state index in [1.165, 1.54) is 24.1 Å². The van der Waals surface area contributed by atoms with Crippen LogP contribution in [-0.2, 0) is 34.9 Å². The summed E-state index contributed by atoms with van der Waals surface area (Å²) >= 11 is 0. The van der Waals surface area contributed by atoms with E-state index < -0.39 is 70.6 Å². The highest BCUT2D eigenvalue weighted by Gasteiger charge is 2.38. The maximum absolute atomic E-state index is 13.3. The highest BCUT2D eigenvalue weighted by atomic mass is 32.2. The number of aliphatic hydroxyl groups is 1. The first-order valence-corrected chi connectivity index (χ1v) is 16.8. The van der Waals surface area contributed by atoms with Crippen LogP contribution >= 0.6 is 0 Å². The van der Waals surface area contributed by atoms with Crippen molar-refractivity contribution < 1.29 is 55.7 Å². The van der Waals surface area contributed by atoms with E-state index in [0.717, 1.165) is 0 Å². The molecule has 22 heteroatoms. The minimum atomic E-state index is -5.08. The molecule has 280 valence electrons. The first-order chi connectivity index (χ1) is 23.2. The van der Waals surface area contributed by atoms with Gasteiger partial charge in [0.15, 0.2) is 11.9 Å². The van der Waals surface area contributed by atoms with Crippen molar-refractivity contribution in [2.75, 3.05) is 33.3 Å². The highest BCUT2D eigenvalue weighted by molar-refractivity contribution is 7.88. The molecule has 2 aliphatic rings. The number of carboxylic acids is 1. The standard InChI is InChI=1S/C26H41N9O7S.C2HF3O2/c1-42-24(39)18-6-3-2-5-17(18)15-43(40,41)33-20(13-16-8-11-34(12-9-16)25(27)28)22(37)31-14-21(36)32-19-7-4-10-35(23(19)38)26(29)30;3-2(4,5)1(6)7/h2-3,5-6,16,19-20,23,33,38H,4,7-15H2,1H3,(H3,27,28)(H3,29,30)(H,31,37)(H,32,36);(H,6,7)/t19-,20+,23?;/m0./s1. The number of ether oxygens (including phenoxy) is 1. The van der Waals surface area contributed by atoms with Gasteiger partial charge < -0.3 is 46.9 Å². The van der Waals surface area contributed by atoms with E-state index in [1.54, 1.807) is 17.0 Å². The number of alkyl halides is 3. The quantitative estimate of drug-likeness (QED) is 0.0734. The molecular formula is C28H42F3N9O9S. The Balaban J connectivity index is 0.00000112. The number of aliphatic carboxylic acids is 1. The normalized spacial score (nSPS) is 18.9. The van der Waals surface area contributed by atoms with E-state index >= 15 is 0 Å². The van der Waals surface area contributed by atoms with Crippen LogP contribution < -0.4 is 26.8 Å². The lowest BCUT2D eigenvalue weighted by atomic mass is 9.90. The molecule has 2 aliphatic heterocycles. The highest BCUT2D eigenvalue weighted by Crippen LogP contribution is 2.23. The molecule has 0 aromatic heterocycles. The van der Waals surface area contributed by atoms with Gasteiger partial charge in [0.2, 0.25) is 21.8 Å². The number of amides is 2. The number of sulfonamides is 1. The first-order valence-electron chi connectivity index (χ1n) is 15.2. The molecule has 0 bridgehead atoms. The predicted molar refractivity (Wildman–Crippen MR) is 171 cm³/mol. The van der Waals surface area contributed by atoms with Crippen LogP contribution in [0.5, 0.6) is 0 Å². The van der Waals surface area contributed by atoms with Crippen molar-refractivity contribution >= 4 is 45.7 Å². The van der Waals surface area contributed by atoms with Crippen LogP contribution in [0, 0.1) is 16.7 Å². The van der Waals surface area contributed by atoms with Crippen molar-refractivity contribution in [2.24, 2.45) is 17.4 Å². The Bertz CT molecular complexity index is 1510. The fourth-order valence-electron chi connectivity index (χ4n) is 5.31. The molecule has 2 heterocycles. The molecular weight excluding hydrogens is 695 g/mol. The molecule has 0 saturated carbocycles. The van der Waals surface area contributed by atoms with Crippen LogP contribution in [0.4, 0.5) is 13.2 Å². The molecule has 0 spiro atoms. The summed E-state index contributed by atoms with van der Waals surface area (Å²) in [5.41, 5.74) is 11.3. The fourth-order valence-corrected chi connectivity index (χ4v) is 6.69. The van der Waals surface area contributed by atoms with Crippen molar-refractivity contribution in [3.8, 4) is 0 Å². The number of methoxy groups -OCH3 is 1. The van der Waals surface area contributed by atoms with Gasteiger partial charge >= 0.3 is 18.1 Å². The molecule has 3 rings (SSSR count). The van der Waals surface area contributed by atoms with Gasteiger partial charge in [-0.05, 0) is 49.7 Å². The number of carbonyl (C=O) groups is 4. The second kappa shape index (κ2) is 18.3. The van der Waals surface area contributed by atoms with E-state index in [-0.39, 0.29) is 35.4 Å². The van der Waals surface area contributed by atoms with Crippen molar-refractivity contribution in [3.63, 3.8) is 0 Å². The molecule has 1 aromatic rings. The van der Waals surface area contributed by atoms with Gasteiger partial charge in [-0.15, -0.1) is 0 Å². The number of hydrogen-bond acceptors (Lipinski definition) is 10. The SMILES string of the molecule is COC(=O)c1ccccc1CS(=O)(=O)N[C@H](CC1CCN(C(=N)N)CC1)C(=O)NCC(=O)N[C@H]1CCCN(C(=N)N)C1O.O=C(O)C(F)(F)F. The zero-order valence-electron chi connectivity index (χ0n) is 27.0. The zero-order valence-corrected chi connectivity index (χ0v) is 27.8. The van der Waals surface area contributed by atoms with E-state index in [9.17, 15) is 41.1 Å². The van der Waals surface area contributed by atoms with Crippen molar-refractivity contribution in [3.05, 3.63) is 35.4 Å². The monoisotopic (exact) mass is 737 g/mol. The molecule has 1 aromatic carbocycles. The predicted octanol–water partition coefficient (Wildman–Crippen LogP) is -1.20. The summed E-state index contributed by atoms with van der Waals surface area (Å²) in [6.07, 6.45) is -3.98. The molecule has 1 unspecified atom stereocenters. The lowest BCUT2D eigenvalue weighted by Crippen LogP contribution is -2.59. The third-order valence-corrected chi connectivity index (χ3v) is 9.18. The Morgan fingerprint density at radius 1 is 1.06 bits per heavy atom. The number of carboxylic acid groups (broad SMARTS) is 1. The summed E-state index contributed by atoms with van der Waals surface area (Å²) in [7, 11) is -2.97. The molecule has 50 heavy (non-hydrogen) atoms. The van der Waals surface area contributed by atoms with Gasteiger partial charge in [-0.1, -0.05) is 18.2 Å². The van der Waals surface area contributed by atoms with Gasteiger partial charge in [-0.3, -0.25) is 20.4 Å². The Kier molecular flexibility index (Phi) is 15.2. The average Bonchev–Trinajstić information content (AvgIpc) is 3.03. The van der Waals surface area contributed by atoms with Gasteiger partial charge in [-0.25, -0.2) is 22.7 Å². The number of likely N-dealkylation sites (tertiary alicyclic amines) is 2. The number of esters is 1. The number of piperidine rings is 2. The van der Waals surface area contributed by atoms with E-state index in [2.05, 4.69) is 15.4 Å². The number of aliphatic hydroxyl groups excluding tert-OH is 1. The smallest absolute Gasteiger partial charge is 0.475 e. The maximum Gasteiger partial charge on any atom is 0.490 e. The molecule has 2 amide bonds. The third-order valence-electron chi connectivity index (χ3n) is 7.85. The van der Waals surface area contributed by atoms with Crippen LogP contribution in [0.1, 0.15) is 48.0 Å². The van der Waals surface area contributed by atoms with Gasteiger partial charge in [0.25, 0.3) is 0 Å². The van der Waals surface area contributed by atoms with Crippen LogP contribution in [0.2, 0.25) is 0 Å².